The third-order valence-corrected chi connectivity index (χ3v) is 3.63. The van der Waals surface area contributed by atoms with E-state index < -0.39 is 0 Å². The molecule has 0 bridgehead atoms. The number of rotatable bonds is 6. The largest absolute Gasteiger partial charge is 0.351 e. The van der Waals surface area contributed by atoms with Gasteiger partial charge >= 0.3 is 0 Å². The number of nitrogens with one attached hydrogen (secondary N) is 2. The van der Waals surface area contributed by atoms with Gasteiger partial charge in [-0.3, -0.25) is 14.6 Å². The van der Waals surface area contributed by atoms with Crippen molar-refractivity contribution in [2.24, 2.45) is 0 Å². The average molecular weight is 391 g/mol. The number of likely N-dealkylation sites (N-methyl/N-ethyl adjacent to an activating group) is 1. The molecule has 0 radical (unpaired) electrons. The lowest BCUT2D eigenvalue weighted by atomic mass is 10.1. The van der Waals surface area contributed by atoms with E-state index in [9.17, 15) is 9.59 Å². The average Bonchev–Trinajstić information content (AvgIpc) is 2.54. The molecule has 0 saturated heterocycles. The van der Waals surface area contributed by atoms with Crippen LogP contribution in [-0.4, -0.2) is 48.9 Å². The number of carbonyl (C=O) groups excluding carboxylic acids is 2. The van der Waals surface area contributed by atoms with Crippen LogP contribution in [0.15, 0.2) is 47.2 Å². The van der Waals surface area contributed by atoms with Crippen LogP contribution in [0.3, 0.4) is 0 Å². The lowest BCUT2D eigenvalue weighted by molar-refractivity contribution is 0.0949. The smallest absolute Gasteiger partial charge is 0.257 e. The fourth-order valence-corrected chi connectivity index (χ4v) is 2.34. The zero-order valence-electron chi connectivity index (χ0n) is 13.5. The summed E-state index contributed by atoms with van der Waals surface area (Å²) in [6, 6.07) is 8.51. The summed E-state index contributed by atoms with van der Waals surface area (Å²) in [6.45, 7) is 1.32. The Bertz CT molecular complexity index is 734. The monoisotopic (exact) mass is 390 g/mol. The first-order valence-electron chi connectivity index (χ1n) is 7.40. The van der Waals surface area contributed by atoms with Gasteiger partial charge in [-0.25, -0.2) is 0 Å². The number of pyridine rings is 1. The van der Waals surface area contributed by atoms with Gasteiger partial charge in [0.2, 0.25) is 0 Å². The molecule has 0 aliphatic carbocycles. The predicted octanol–water partition coefficient (Wildman–Crippen LogP) is 2.39. The Morgan fingerprint density at radius 2 is 1.92 bits per heavy atom. The maximum absolute atomic E-state index is 12.2. The molecule has 0 aliphatic rings. The van der Waals surface area contributed by atoms with E-state index in [0.717, 1.165) is 11.0 Å². The van der Waals surface area contributed by atoms with E-state index >= 15 is 0 Å². The fourth-order valence-electron chi connectivity index (χ4n) is 1.97. The normalized spacial score (nSPS) is 10.5. The van der Waals surface area contributed by atoms with Gasteiger partial charge in [0.1, 0.15) is 0 Å². The van der Waals surface area contributed by atoms with Crippen LogP contribution >= 0.6 is 15.9 Å². The van der Waals surface area contributed by atoms with Crippen LogP contribution in [0, 0.1) is 0 Å². The van der Waals surface area contributed by atoms with E-state index in [2.05, 4.69) is 31.5 Å². The topological polar surface area (TPSA) is 74.3 Å². The summed E-state index contributed by atoms with van der Waals surface area (Å²) in [5.74, 6) is -0.453. The van der Waals surface area contributed by atoms with Crippen molar-refractivity contribution >= 4 is 33.4 Å². The molecular formula is C17H19BrN4O2. The molecule has 0 unspecified atom stereocenters. The molecule has 1 aromatic heterocycles. The number of carbonyl (C=O) groups is 2. The number of halogens is 1. The molecule has 0 aliphatic heterocycles. The van der Waals surface area contributed by atoms with E-state index in [1.807, 2.05) is 19.0 Å². The number of anilines is 1. The van der Waals surface area contributed by atoms with Gasteiger partial charge in [-0.2, -0.15) is 0 Å². The molecular weight excluding hydrogens is 372 g/mol. The molecule has 2 aromatic rings. The van der Waals surface area contributed by atoms with Gasteiger partial charge in [-0.05, 0) is 54.3 Å². The summed E-state index contributed by atoms with van der Waals surface area (Å²) in [6.07, 6.45) is 3.09. The maximum Gasteiger partial charge on any atom is 0.257 e. The second-order valence-electron chi connectivity index (χ2n) is 5.49. The molecule has 2 N–H and O–H groups in total. The second kappa shape index (κ2) is 8.56. The van der Waals surface area contributed by atoms with Crippen molar-refractivity contribution in [1.82, 2.24) is 15.2 Å². The third-order valence-electron chi connectivity index (χ3n) is 3.19. The Balaban J connectivity index is 2.02. The summed E-state index contributed by atoms with van der Waals surface area (Å²) in [7, 11) is 3.89. The molecule has 7 heteroatoms. The first-order chi connectivity index (χ1) is 11.5. The van der Waals surface area contributed by atoms with E-state index in [-0.39, 0.29) is 11.8 Å². The van der Waals surface area contributed by atoms with Gasteiger partial charge in [-0.1, -0.05) is 6.07 Å². The lowest BCUT2D eigenvalue weighted by Crippen LogP contribution is -2.31. The van der Waals surface area contributed by atoms with Crippen LogP contribution in [0.4, 0.5) is 5.69 Å². The standard InChI is InChI=1S/C17H19BrN4O2/c1-22(2)7-6-20-16(23)12-4-3-5-15(9-12)21-17(24)13-8-14(18)11-19-10-13/h3-5,8-11H,6-7H2,1-2H3,(H,20,23)(H,21,24). The van der Waals surface area contributed by atoms with E-state index in [4.69, 9.17) is 0 Å². The quantitative estimate of drug-likeness (QED) is 0.793. The van der Waals surface area contributed by atoms with Crippen molar-refractivity contribution in [3.63, 3.8) is 0 Å². The highest BCUT2D eigenvalue weighted by Crippen LogP contribution is 2.14. The van der Waals surface area contributed by atoms with Crippen LogP contribution in [0.1, 0.15) is 20.7 Å². The van der Waals surface area contributed by atoms with Gasteiger partial charge in [-0.15, -0.1) is 0 Å². The number of hydrogen-bond donors (Lipinski definition) is 2. The van der Waals surface area contributed by atoms with Crippen molar-refractivity contribution in [3.8, 4) is 0 Å². The molecule has 2 amide bonds. The van der Waals surface area contributed by atoms with Gasteiger partial charge < -0.3 is 15.5 Å². The van der Waals surface area contributed by atoms with Gasteiger partial charge in [0.05, 0.1) is 5.56 Å². The van der Waals surface area contributed by atoms with Crippen LogP contribution in [-0.2, 0) is 0 Å². The maximum atomic E-state index is 12.2. The highest BCUT2D eigenvalue weighted by Gasteiger charge is 2.10. The summed E-state index contributed by atoms with van der Waals surface area (Å²) < 4.78 is 0.726. The van der Waals surface area contributed by atoms with Gasteiger partial charge in [0.25, 0.3) is 11.8 Å². The molecule has 0 atom stereocenters. The van der Waals surface area contributed by atoms with Gasteiger partial charge in [0.15, 0.2) is 0 Å². The first kappa shape index (κ1) is 18.1. The number of hydrogen-bond acceptors (Lipinski definition) is 4. The Morgan fingerprint density at radius 3 is 2.62 bits per heavy atom. The minimum Gasteiger partial charge on any atom is -0.351 e. The Kier molecular flexibility index (Phi) is 6.45. The summed E-state index contributed by atoms with van der Waals surface area (Å²) in [5, 5.41) is 5.61. The molecule has 1 aromatic carbocycles. The van der Waals surface area contributed by atoms with Crippen molar-refractivity contribution in [3.05, 3.63) is 58.3 Å². The van der Waals surface area contributed by atoms with Crippen molar-refractivity contribution in [1.29, 1.82) is 0 Å². The van der Waals surface area contributed by atoms with Crippen LogP contribution in [0.2, 0.25) is 0 Å². The number of aromatic nitrogens is 1. The Labute approximate surface area is 149 Å². The SMILES string of the molecule is CN(C)CCNC(=O)c1cccc(NC(=O)c2cncc(Br)c2)c1. The summed E-state index contributed by atoms with van der Waals surface area (Å²) in [4.78, 5) is 30.3. The molecule has 2 rings (SSSR count). The second-order valence-corrected chi connectivity index (χ2v) is 6.40. The van der Waals surface area contributed by atoms with Crippen LogP contribution in [0.5, 0.6) is 0 Å². The molecule has 0 spiro atoms. The van der Waals surface area contributed by atoms with Crippen LogP contribution in [0.25, 0.3) is 0 Å². The van der Waals surface area contributed by atoms with E-state index in [1.54, 1.807) is 36.5 Å². The fraction of sp³-hybridized carbons (Fsp3) is 0.235. The molecule has 6 nitrogen and oxygen atoms in total. The van der Waals surface area contributed by atoms with Crippen molar-refractivity contribution < 1.29 is 9.59 Å². The molecule has 24 heavy (non-hydrogen) atoms. The molecule has 126 valence electrons. The number of benzene rings is 1. The van der Waals surface area contributed by atoms with Gasteiger partial charge in [0, 0.05) is 41.2 Å². The highest BCUT2D eigenvalue weighted by atomic mass is 79.9. The van der Waals surface area contributed by atoms with Crippen molar-refractivity contribution in [2.75, 3.05) is 32.5 Å². The van der Waals surface area contributed by atoms with E-state index in [1.165, 1.54) is 6.20 Å². The first-order valence-corrected chi connectivity index (χ1v) is 8.20. The highest BCUT2D eigenvalue weighted by molar-refractivity contribution is 9.10. The summed E-state index contributed by atoms with van der Waals surface area (Å²) >= 11 is 3.28. The Morgan fingerprint density at radius 1 is 1.12 bits per heavy atom. The zero-order valence-corrected chi connectivity index (χ0v) is 15.1. The predicted molar refractivity (Wildman–Crippen MR) is 97.2 cm³/mol. The minimum absolute atomic E-state index is 0.169. The summed E-state index contributed by atoms with van der Waals surface area (Å²) in [5.41, 5.74) is 1.49. The van der Waals surface area contributed by atoms with E-state index in [0.29, 0.717) is 23.4 Å². The number of amides is 2. The Hall–Kier alpha value is -2.25. The molecule has 0 fully saturated rings. The molecule has 1 heterocycles. The molecule has 0 saturated carbocycles. The third kappa shape index (κ3) is 5.43. The zero-order chi connectivity index (χ0) is 17.5. The lowest BCUT2D eigenvalue weighted by Gasteiger charge is -2.11. The minimum atomic E-state index is -0.283. The van der Waals surface area contributed by atoms with Crippen molar-refractivity contribution in [2.45, 2.75) is 0 Å². The van der Waals surface area contributed by atoms with Crippen LogP contribution < -0.4 is 10.6 Å². The number of nitrogens with zero attached hydrogens (tertiary/aromatic N) is 2.